The first-order valence-electron chi connectivity index (χ1n) is 19.4. The smallest absolute Gasteiger partial charge is 0.418 e. The van der Waals surface area contributed by atoms with Crippen LogP contribution in [0.15, 0.2) is 60.7 Å². The first-order valence-corrected chi connectivity index (χ1v) is 22.1. The number of nitrogens with two attached hydrogens (primary N) is 1. The molecule has 0 saturated carbocycles. The maximum atomic E-state index is 13.0. The molecule has 6 rings (SSSR count). The molecular weight excluding hydrogens is 877 g/mol. The summed E-state index contributed by atoms with van der Waals surface area (Å²) in [4.78, 5) is 89.8. The first kappa shape index (κ1) is 48.3. The molecule has 4 aliphatic heterocycles. The number of rotatable bonds is 15. The van der Waals surface area contributed by atoms with Crippen LogP contribution in [0.2, 0.25) is 0 Å². The number of hydroxylamine groups is 4. The summed E-state index contributed by atoms with van der Waals surface area (Å²) in [6, 6.07) is 10.4. The van der Waals surface area contributed by atoms with Crippen LogP contribution >= 0.6 is 0 Å². The summed E-state index contributed by atoms with van der Waals surface area (Å²) in [5.41, 5.74) is 6.22. The molecule has 2 aromatic rings. The van der Waals surface area contributed by atoms with Crippen LogP contribution in [0.25, 0.3) is 0 Å². The van der Waals surface area contributed by atoms with Gasteiger partial charge in [-0.25, -0.2) is 14.4 Å². The molecule has 2 aromatic carbocycles. The van der Waals surface area contributed by atoms with Gasteiger partial charge in [0, 0.05) is 13.1 Å². The Kier molecular flexibility index (Phi) is 15.1. The third kappa shape index (κ3) is 12.9. The van der Waals surface area contributed by atoms with Crippen LogP contribution in [0.1, 0.15) is 69.7 Å². The number of fused-ring (bicyclic) bond motifs is 4. The van der Waals surface area contributed by atoms with Crippen molar-refractivity contribution in [3.63, 3.8) is 0 Å². The van der Waals surface area contributed by atoms with Crippen molar-refractivity contribution in [2.24, 2.45) is 5.73 Å². The zero-order valence-corrected chi connectivity index (χ0v) is 35.8. The number of nitrogens with one attached hydrogen (secondary N) is 3. The van der Waals surface area contributed by atoms with Crippen LogP contribution in [0.3, 0.4) is 0 Å². The van der Waals surface area contributed by atoms with Crippen molar-refractivity contribution in [3.05, 3.63) is 71.8 Å². The molecular formula is C37H48N8O16S2. The van der Waals surface area contributed by atoms with Gasteiger partial charge in [0.1, 0.15) is 23.7 Å². The predicted molar refractivity (Wildman–Crippen MR) is 215 cm³/mol. The SMILES string of the molecule is CC(C)(C)OC(=O)NC(C(=O)CNC(=O)[C@@H]1CC[C@@H]2CN1C(=O)N2OS(=O)(=O)O)c1ccccc1.NC(C(=O)CNC(=O)[C@@H]1CC[C@@H]2CN1C(=O)N2OS(=O)(=O)O)c1ccccc1. The number of ketones is 2. The van der Waals surface area contributed by atoms with Crippen LogP contribution in [0.4, 0.5) is 14.4 Å². The normalized spacial score (nSPS) is 21.7. The number of urea groups is 2. The molecule has 7 N–H and O–H groups in total. The number of amides is 7. The first-order chi connectivity index (χ1) is 29.4. The van der Waals surface area contributed by atoms with Gasteiger partial charge in [-0.15, -0.1) is 8.57 Å². The maximum absolute atomic E-state index is 13.0. The number of hydrogen-bond acceptors (Lipinski definition) is 15. The third-order valence-electron chi connectivity index (χ3n) is 10.1. The summed E-state index contributed by atoms with van der Waals surface area (Å²) in [7, 11) is -9.76. The number of piperidine rings is 2. The molecule has 6 atom stereocenters. The zero-order valence-electron chi connectivity index (χ0n) is 34.2. The molecule has 0 aliphatic carbocycles. The summed E-state index contributed by atoms with van der Waals surface area (Å²) in [6.45, 7) is 4.40. The van der Waals surface area contributed by atoms with Gasteiger partial charge in [0.2, 0.25) is 11.8 Å². The van der Waals surface area contributed by atoms with Crippen LogP contribution in [-0.2, 0) is 53.3 Å². The highest BCUT2D eigenvalue weighted by atomic mass is 32.3. The van der Waals surface area contributed by atoms with Gasteiger partial charge >= 0.3 is 39.0 Å². The molecule has 24 nitrogen and oxygen atoms in total. The lowest BCUT2D eigenvalue weighted by Crippen LogP contribution is -2.51. The van der Waals surface area contributed by atoms with Crippen molar-refractivity contribution in [1.29, 1.82) is 0 Å². The Hall–Kier alpha value is -5.77. The average Bonchev–Trinajstić information content (AvgIpc) is 3.58. The number of carbonyl (C=O) groups excluding carboxylic acids is 7. The molecule has 0 radical (unpaired) electrons. The summed E-state index contributed by atoms with van der Waals surface area (Å²) in [5.74, 6) is -2.08. The molecule has 4 bridgehead atoms. The number of alkyl carbamates (subject to hydrolysis) is 1. The lowest BCUT2D eigenvalue weighted by molar-refractivity contribution is -0.129. The van der Waals surface area contributed by atoms with E-state index < -0.39 is 111 Å². The van der Waals surface area contributed by atoms with Gasteiger partial charge in [0.25, 0.3) is 0 Å². The van der Waals surface area contributed by atoms with Crippen LogP contribution in [0.5, 0.6) is 0 Å². The van der Waals surface area contributed by atoms with Crippen molar-refractivity contribution in [2.75, 3.05) is 26.2 Å². The van der Waals surface area contributed by atoms with Crippen LogP contribution < -0.4 is 21.7 Å². The lowest BCUT2D eigenvalue weighted by atomic mass is 9.99. The molecule has 0 aromatic heterocycles. The fourth-order valence-corrected chi connectivity index (χ4v) is 8.05. The molecule has 26 heteroatoms. The van der Waals surface area contributed by atoms with Crippen molar-refractivity contribution in [1.82, 2.24) is 35.9 Å². The number of nitrogens with zero attached hydrogens (tertiary/aromatic N) is 4. The number of Topliss-reactive ketones (excluding diaryl/α,β-unsaturated/α-hetero) is 2. The van der Waals surface area contributed by atoms with E-state index in [1.54, 1.807) is 81.4 Å². The van der Waals surface area contributed by atoms with Crippen LogP contribution in [-0.4, -0.2) is 143 Å². The Bertz CT molecular complexity index is 2280. The van der Waals surface area contributed by atoms with Crippen molar-refractivity contribution >= 4 is 62.3 Å². The van der Waals surface area contributed by atoms with E-state index in [9.17, 15) is 50.4 Å². The second kappa shape index (κ2) is 19.7. The summed E-state index contributed by atoms with van der Waals surface area (Å²) in [5, 5.41) is 8.58. The van der Waals surface area contributed by atoms with E-state index in [1.807, 2.05) is 0 Å². The largest absolute Gasteiger partial charge is 0.444 e. The second-order valence-corrected chi connectivity index (χ2v) is 17.8. The fourth-order valence-electron chi connectivity index (χ4n) is 7.27. The Morgan fingerprint density at radius 2 is 1.11 bits per heavy atom. The highest BCUT2D eigenvalue weighted by Crippen LogP contribution is 2.32. The molecule has 63 heavy (non-hydrogen) atoms. The quantitative estimate of drug-likeness (QED) is 0.131. The molecule has 4 saturated heterocycles. The van der Waals surface area contributed by atoms with E-state index in [-0.39, 0.29) is 38.9 Å². The molecule has 7 amide bonds. The van der Waals surface area contributed by atoms with E-state index in [2.05, 4.69) is 24.5 Å². The number of benzene rings is 2. The highest BCUT2D eigenvalue weighted by Gasteiger charge is 2.50. The summed E-state index contributed by atoms with van der Waals surface area (Å²) >= 11 is 0. The highest BCUT2D eigenvalue weighted by molar-refractivity contribution is 7.81. The van der Waals surface area contributed by atoms with E-state index in [0.717, 1.165) is 9.80 Å². The Morgan fingerprint density at radius 3 is 1.52 bits per heavy atom. The van der Waals surface area contributed by atoms with Gasteiger partial charge in [-0.2, -0.15) is 27.0 Å². The van der Waals surface area contributed by atoms with Crippen molar-refractivity contribution in [2.45, 2.75) is 88.3 Å². The Balaban J connectivity index is 0.000000243. The summed E-state index contributed by atoms with van der Waals surface area (Å²) < 4.78 is 75.4. The van der Waals surface area contributed by atoms with Gasteiger partial charge in [-0.1, -0.05) is 60.7 Å². The van der Waals surface area contributed by atoms with E-state index in [4.69, 9.17) is 19.6 Å². The Morgan fingerprint density at radius 1 is 0.698 bits per heavy atom. The molecule has 344 valence electrons. The van der Waals surface area contributed by atoms with E-state index in [0.29, 0.717) is 27.7 Å². The topological polar surface area (TPSA) is 331 Å². The van der Waals surface area contributed by atoms with E-state index >= 15 is 0 Å². The molecule has 4 heterocycles. The summed E-state index contributed by atoms with van der Waals surface area (Å²) in [6.07, 6.45) is 0.196. The van der Waals surface area contributed by atoms with Gasteiger partial charge in [-0.05, 0) is 57.6 Å². The van der Waals surface area contributed by atoms with Gasteiger partial charge in [0.05, 0.1) is 31.2 Å². The second-order valence-electron chi connectivity index (χ2n) is 15.8. The van der Waals surface area contributed by atoms with E-state index in [1.165, 1.54) is 0 Å². The molecule has 4 fully saturated rings. The van der Waals surface area contributed by atoms with Crippen LogP contribution in [0, 0.1) is 0 Å². The predicted octanol–water partition coefficient (Wildman–Crippen LogP) is 0.315. The number of ether oxygens (including phenoxy) is 1. The fraction of sp³-hybridized carbons (Fsp3) is 0.486. The zero-order chi connectivity index (χ0) is 46.4. The van der Waals surface area contributed by atoms with Gasteiger partial charge < -0.3 is 36.2 Å². The minimum atomic E-state index is -4.91. The van der Waals surface area contributed by atoms with Crippen molar-refractivity contribution < 1.29 is 72.8 Å². The Labute approximate surface area is 362 Å². The van der Waals surface area contributed by atoms with Crippen molar-refractivity contribution in [3.8, 4) is 0 Å². The molecule has 0 spiro atoms. The minimum Gasteiger partial charge on any atom is -0.444 e. The number of hydrogen-bond donors (Lipinski definition) is 6. The molecule has 2 unspecified atom stereocenters. The average molecular weight is 925 g/mol. The monoisotopic (exact) mass is 924 g/mol. The van der Waals surface area contributed by atoms with Gasteiger partial charge in [0.15, 0.2) is 11.6 Å². The minimum absolute atomic E-state index is 0.0211. The number of carbonyl (C=O) groups is 7. The molecule has 4 aliphatic rings. The van der Waals surface area contributed by atoms with Gasteiger partial charge in [-0.3, -0.25) is 28.3 Å². The maximum Gasteiger partial charge on any atom is 0.418 e. The third-order valence-corrected chi connectivity index (χ3v) is 10.8. The standard InChI is InChI=1S/C21H28N4O9S.C16H20N4O7S/c1-21(2,3)33-19(28)23-17(13-7-5-4-6-8-13)16(26)11-22-18(27)15-10-9-14-12-24(15)20(29)25(14)34-35(30,31)32;17-14(10-4-2-1-3-5-10)13(21)8-18-15(22)12-7-6-11-9-19(12)16(23)20(11)27-28(24,25)26/h4-8,14-15,17H,9-12H2,1-3H3,(H,22,27)(H,23,28)(H,30,31,32);1-5,11-12,14H,6-9,17H2,(H,18,22)(H,24,25,26)/t14-,15+,17?;11-,12+,14?/m11/s1. The lowest BCUT2D eigenvalue weighted by Gasteiger charge is -2.29.